The summed E-state index contributed by atoms with van der Waals surface area (Å²) in [7, 11) is 0. The van der Waals surface area contributed by atoms with Crippen LogP contribution in [0.2, 0.25) is 5.02 Å². The number of aliphatic hydroxyl groups excluding tert-OH is 1. The van der Waals surface area contributed by atoms with Gasteiger partial charge < -0.3 is 10.0 Å². The molecule has 92 valence electrons. The molecule has 1 aliphatic rings. The van der Waals surface area contributed by atoms with Crippen molar-refractivity contribution in [2.24, 2.45) is 0 Å². The molecule has 1 fully saturated rings. The third kappa shape index (κ3) is 2.64. The summed E-state index contributed by atoms with van der Waals surface area (Å²) >= 11 is 9.36. The number of halogens is 2. The molecule has 3 nitrogen and oxygen atoms in total. The molecule has 1 atom stereocenters. The van der Waals surface area contributed by atoms with Crippen molar-refractivity contribution in [2.75, 3.05) is 13.2 Å². The summed E-state index contributed by atoms with van der Waals surface area (Å²) < 4.78 is 0.824. The van der Waals surface area contributed by atoms with E-state index in [1.165, 1.54) is 0 Å². The molecule has 1 aromatic carbocycles. The maximum atomic E-state index is 12.3. The maximum absolute atomic E-state index is 12.3. The number of carbonyl (C=O) groups excluding carboxylic acids is 1. The van der Waals surface area contributed by atoms with E-state index in [-0.39, 0.29) is 18.6 Å². The maximum Gasteiger partial charge on any atom is 0.255 e. The number of hydrogen-bond acceptors (Lipinski definition) is 2. The molecule has 1 aromatic rings. The summed E-state index contributed by atoms with van der Waals surface area (Å²) in [6.07, 6.45) is 1.79. The smallest absolute Gasteiger partial charge is 0.255 e. The fraction of sp³-hybridized carbons (Fsp3) is 0.417. The number of hydrogen-bond donors (Lipinski definition) is 1. The monoisotopic (exact) mass is 317 g/mol. The Morgan fingerprint density at radius 1 is 1.59 bits per heavy atom. The van der Waals surface area contributed by atoms with E-state index < -0.39 is 0 Å². The molecule has 1 aliphatic heterocycles. The predicted molar refractivity (Wildman–Crippen MR) is 70.3 cm³/mol. The Balaban J connectivity index is 2.27. The van der Waals surface area contributed by atoms with Gasteiger partial charge in [0.05, 0.1) is 23.2 Å². The minimum atomic E-state index is -0.104. The number of rotatable bonds is 2. The highest BCUT2D eigenvalue weighted by atomic mass is 79.9. The van der Waals surface area contributed by atoms with E-state index in [9.17, 15) is 9.90 Å². The highest BCUT2D eigenvalue weighted by Gasteiger charge is 2.29. The van der Waals surface area contributed by atoms with Crippen LogP contribution < -0.4 is 0 Å². The first-order valence-corrected chi connectivity index (χ1v) is 6.67. The predicted octanol–water partition coefficient (Wildman–Crippen LogP) is 2.70. The summed E-state index contributed by atoms with van der Waals surface area (Å²) in [6.45, 7) is 0.699. The van der Waals surface area contributed by atoms with E-state index in [2.05, 4.69) is 15.9 Å². The second-order valence-corrected chi connectivity index (χ2v) is 5.42. The summed E-state index contributed by atoms with van der Waals surface area (Å²) in [5, 5.41) is 9.67. The highest BCUT2D eigenvalue weighted by molar-refractivity contribution is 9.10. The summed E-state index contributed by atoms with van der Waals surface area (Å²) in [6, 6.07) is 5.14. The zero-order valence-electron chi connectivity index (χ0n) is 9.20. The van der Waals surface area contributed by atoms with Gasteiger partial charge >= 0.3 is 0 Å². The molecule has 17 heavy (non-hydrogen) atoms. The van der Waals surface area contributed by atoms with Gasteiger partial charge in [-0.05, 0) is 31.0 Å². The van der Waals surface area contributed by atoms with Crippen LogP contribution in [0.15, 0.2) is 22.7 Å². The molecule has 1 amide bonds. The topological polar surface area (TPSA) is 40.5 Å². The molecule has 0 bridgehead atoms. The molecule has 1 N–H and O–H groups in total. The molecule has 0 radical (unpaired) electrons. The second-order valence-electron chi connectivity index (χ2n) is 4.10. The summed E-state index contributed by atoms with van der Waals surface area (Å²) in [5.41, 5.74) is 0.487. The van der Waals surface area contributed by atoms with Gasteiger partial charge in [0.25, 0.3) is 5.91 Å². The van der Waals surface area contributed by atoms with Gasteiger partial charge in [-0.25, -0.2) is 0 Å². The van der Waals surface area contributed by atoms with E-state index in [1.54, 1.807) is 23.1 Å². The number of amides is 1. The fourth-order valence-corrected chi connectivity index (χ4v) is 2.67. The Kier molecular flexibility index (Phi) is 4.07. The van der Waals surface area contributed by atoms with Crippen molar-refractivity contribution in [3.8, 4) is 0 Å². The van der Waals surface area contributed by atoms with Crippen LogP contribution in [-0.2, 0) is 0 Å². The first-order chi connectivity index (χ1) is 8.13. The van der Waals surface area contributed by atoms with Crippen LogP contribution in [0, 0.1) is 0 Å². The van der Waals surface area contributed by atoms with Gasteiger partial charge in [0.1, 0.15) is 0 Å². The third-order valence-corrected chi connectivity index (χ3v) is 3.83. The van der Waals surface area contributed by atoms with Crippen molar-refractivity contribution in [1.82, 2.24) is 4.90 Å². The Morgan fingerprint density at radius 3 is 3.06 bits per heavy atom. The van der Waals surface area contributed by atoms with Gasteiger partial charge in [0, 0.05) is 11.0 Å². The molecule has 0 saturated carbocycles. The normalized spacial score (nSPS) is 19.7. The Bertz CT molecular complexity index is 439. The van der Waals surface area contributed by atoms with E-state index in [0.717, 1.165) is 17.3 Å². The zero-order valence-corrected chi connectivity index (χ0v) is 11.5. The van der Waals surface area contributed by atoms with Gasteiger partial charge in [-0.2, -0.15) is 0 Å². The van der Waals surface area contributed by atoms with Gasteiger partial charge in [-0.15, -0.1) is 0 Å². The largest absolute Gasteiger partial charge is 0.394 e. The fourth-order valence-electron chi connectivity index (χ4n) is 2.11. The van der Waals surface area contributed by atoms with Crippen molar-refractivity contribution < 1.29 is 9.90 Å². The lowest BCUT2D eigenvalue weighted by molar-refractivity contribution is 0.0677. The Morgan fingerprint density at radius 2 is 2.35 bits per heavy atom. The molecule has 0 aromatic heterocycles. The molecule has 0 spiro atoms. The number of aliphatic hydroxyl groups is 1. The SMILES string of the molecule is O=C(c1cc(Br)ccc1Cl)N1CCC[C@H]1CO. The van der Waals surface area contributed by atoms with Gasteiger partial charge in [-0.1, -0.05) is 27.5 Å². The van der Waals surface area contributed by atoms with Gasteiger partial charge in [0.15, 0.2) is 0 Å². The Labute approximate surface area is 114 Å². The van der Waals surface area contributed by atoms with Crippen LogP contribution in [0.3, 0.4) is 0 Å². The molecular formula is C12H13BrClNO2. The van der Waals surface area contributed by atoms with E-state index in [1.807, 2.05) is 0 Å². The third-order valence-electron chi connectivity index (χ3n) is 3.01. The van der Waals surface area contributed by atoms with Crippen molar-refractivity contribution in [3.63, 3.8) is 0 Å². The van der Waals surface area contributed by atoms with Crippen molar-refractivity contribution in [2.45, 2.75) is 18.9 Å². The average Bonchev–Trinajstić information content (AvgIpc) is 2.79. The first-order valence-electron chi connectivity index (χ1n) is 5.50. The molecule has 5 heteroatoms. The highest BCUT2D eigenvalue weighted by Crippen LogP contribution is 2.26. The average molecular weight is 319 g/mol. The Hall–Kier alpha value is -0.580. The standard InChI is InChI=1S/C12H13BrClNO2/c13-8-3-4-11(14)10(6-8)12(17)15-5-1-2-9(15)7-16/h3-4,6,9,16H,1-2,5,7H2/t9-/m0/s1. The van der Waals surface area contributed by atoms with Gasteiger partial charge in [-0.3, -0.25) is 4.79 Å². The van der Waals surface area contributed by atoms with Crippen LogP contribution in [-0.4, -0.2) is 35.1 Å². The van der Waals surface area contributed by atoms with Crippen LogP contribution in [0.5, 0.6) is 0 Å². The van der Waals surface area contributed by atoms with Crippen LogP contribution in [0.1, 0.15) is 23.2 Å². The van der Waals surface area contributed by atoms with Crippen LogP contribution in [0.25, 0.3) is 0 Å². The van der Waals surface area contributed by atoms with Crippen LogP contribution >= 0.6 is 27.5 Å². The number of likely N-dealkylation sites (tertiary alicyclic amines) is 1. The second kappa shape index (κ2) is 5.38. The van der Waals surface area contributed by atoms with Crippen LogP contribution in [0.4, 0.5) is 0 Å². The lowest BCUT2D eigenvalue weighted by Gasteiger charge is -2.23. The van der Waals surface area contributed by atoms with Crippen molar-refractivity contribution >= 4 is 33.4 Å². The zero-order chi connectivity index (χ0) is 12.4. The quantitative estimate of drug-likeness (QED) is 0.911. The van der Waals surface area contributed by atoms with Crippen molar-refractivity contribution in [3.05, 3.63) is 33.3 Å². The molecule has 0 aliphatic carbocycles. The molecular weight excluding hydrogens is 305 g/mol. The van der Waals surface area contributed by atoms with Crippen molar-refractivity contribution in [1.29, 1.82) is 0 Å². The molecule has 0 unspecified atom stereocenters. The van der Waals surface area contributed by atoms with E-state index >= 15 is 0 Å². The van der Waals surface area contributed by atoms with Gasteiger partial charge in [0.2, 0.25) is 0 Å². The minimum absolute atomic E-state index is 0.0113. The minimum Gasteiger partial charge on any atom is -0.394 e. The molecule has 1 saturated heterocycles. The summed E-state index contributed by atoms with van der Waals surface area (Å²) in [5.74, 6) is -0.104. The summed E-state index contributed by atoms with van der Waals surface area (Å²) in [4.78, 5) is 14.0. The molecule has 1 heterocycles. The lowest BCUT2D eigenvalue weighted by Crippen LogP contribution is -2.37. The van der Waals surface area contributed by atoms with E-state index in [0.29, 0.717) is 17.1 Å². The lowest BCUT2D eigenvalue weighted by atomic mass is 10.1. The first kappa shape index (κ1) is 12.9. The number of benzene rings is 1. The number of nitrogens with zero attached hydrogens (tertiary/aromatic N) is 1. The number of carbonyl (C=O) groups is 1. The molecule has 2 rings (SSSR count). The van der Waals surface area contributed by atoms with E-state index in [4.69, 9.17) is 11.6 Å².